The lowest BCUT2D eigenvalue weighted by atomic mass is 9.77. The zero-order valence-corrected chi connectivity index (χ0v) is 17.0. The Kier molecular flexibility index (Phi) is 5.25. The van der Waals surface area contributed by atoms with Crippen molar-refractivity contribution in [3.05, 3.63) is 70.3 Å². The van der Waals surface area contributed by atoms with Gasteiger partial charge in [-0.15, -0.1) is 0 Å². The third kappa shape index (κ3) is 3.59. The number of aromatic nitrogens is 1. The van der Waals surface area contributed by atoms with Gasteiger partial charge in [-0.3, -0.25) is 0 Å². The standard InChI is InChI=1S/C25H26N2O2/c1-25(16-26,14-17-6-5-7-18(12-17)15-28)19-10-11-21-20-8-3-4-9-22(20)24(29-2)27-23(21)13-19/h5-7,10-13,28H,3-4,8-9,14-15H2,1-2H3. The lowest BCUT2D eigenvalue weighted by molar-refractivity contribution is 0.281. The van der Waals surface area contributed by atoms with E-state index in [-0.39, 0.29) is 6.61 Å². The van der Waals surface area contributed by atoms with Gasteiger partial charge in [-0.1, -0.05) is 36.4 Å². The normalized spacial score (nSPS) is 15.4. The molecular weight excluding hydrogens is 360 g/mol. The summed E-state index contributed by atoms with van der Waals surface area (Å²) in [5.74, 6) is 0.721. The van der Waals surface area contributed by atoms with Crippen molar-refractivity contribution >= 4 is 10.9 Å². The largest absolute Gasteiger partial charge is 0.481 e. The molecule has 1 N–H and O–H groups in total. The van der Waals surface area contributed by atoms with Crippen molar-refractivity contribution in [2.75, 3.05) is 7.11 Å². The van der Waals surface area contributed by atoms with Crippen LogP contribution in [0, 0.1) is 11.3 Å². The summed E-state index contributed by atoms with van der Waals surface area (Å²) >= 11 is 0. The number of aliphatic hydroxyl groups is 1. The Morgan fingerprint density at radius 2 is 1.86 bits per heavy atom. The second kappa shape index (κ2) is 7.85. The summed E-state index contributed by atoms with van der Waals surface area (Å²) in [6, 6.07) is 16.6. The first-order chi connectivity index (χ1) is 14.1. The monoisotopic (exact) mass is 386 g/mol. The van der Waals surface area contributed by atoms with Gasteiger partial charge in [0, 0.05) is 10.9 Å². The molecule has 4 rings (SSSR count). The van der Waals surface area contributed by atoms with Crippen LogP contribution in [0.3, 0.4) is 0 Å². The highest BCUT2D eigenvalue weighted by atomic mass is 16.5. The molecule has 2 aromatic carbocycles. The minimum Gasteiger partial charge on any atom is -0.481 e. The Hall–Kier alpha value is -2.90. The third-order valence-corrected chi connectivity index (χ3v) is 6.08. The van der Waals surface area contributed by atoms with E-state index in [2.05, 4.69) is 18.2 Å². The maximum atomic E-state index is 10.0. The second-order valence-electron chi connectivity index (χ2n) is 8.12. The highest BCUT2D eigenvalue weighted by Gasteiger charge is 2.28. The summed E-state index contributed by atoms with van der Waals surface area (Å²) in [4.78, 5) is 4.79. The van der Waals surface area contributed by atoms with Crippen molar-refractivity contribution in [1.29, 1.82) is 5.26 Å². The second-order valence-corrected chi connectivity index (χ2v) is 8.12. The highest BCUT2D eigenvalue weighted by Crippen LogP contribution is 2.36. The molecule has 0 spiro atoms. The van der Waals surface area contributed by atoms with Gasteiger partial charge >= 0.3 is 0 Å². The number of aryl methyl sites for hydroxylation is 1. The smallest absolute Gasteiger partial charge is 0.217 e. The van der Waals surface area contributed by atoms with Crippen molar-refractivity contribution in [3.8, 4) is 11.9 Å². The van der Waals surface area contributed by atoms with Crippen molar-refractivity contribution < 1.29 is 9.84 Å². The summed E-state index contributed by atoms with van der Waals surface area (Å²) < 4.78 is 5.59. The summed E-state index contributed by atoms with van der Waals surface area (Å²) in [6.07, 6.45) is 5.00. The Balaban J connectivity index is 1.78. The van der Waals surface area contributed by atoms with E-state index in [1.54, 1.807) is 7.11 Å². The number of aliphatic hydroxyl groups excluding tert-OH is 1. The molecule has 3 aromatic rings. The summed E-state index contributed by atoms with van der Waals surface area (Å²) in [7, 11) is 1.68. The van der Waals surface area contributed by atoms with Gasteiger partial charge in [-0.25, -0.2) is 4.98 Å². The molecule has 148 valence electrons. The van der Waals surface area contributed by atoms with Crippen LogP contribution < -0.4 is 4.74 Å². The zero-order chi connectivity index (χ0) is 20.4. The van der Waals surface area contributed by atoms with Crippen LogP contribution in [-0.4, -0.2) is 17.2 Å². The molecule has 0 aliphatic heterocycles. The van der Waals surface area contributed by atoms with E-state index in [0.717, 1.165) is 40.9 Å². The van der Waals surface area contributed by atoms with Crippen molar-refractivity contribution in [2.45, 2.75) is 51.0 Å². The van der Waals surface area contributed by atoms with Crippen molar-refractivity contribution in [3.63, 3.8) is 0 Å². The Bertz CT molecular complexity index is 1100. The van der Waals surface area contributed by atoms with E-state index in [4.69, 9.17) is 9.72 Å². The predicted octanol–water partition coefficient (Wildman–Crippen LogP) is 4.64. The Morgan fingerprint density at radius 1 is 1.10 bits per heavy atom. The molecule has 1 aliphatic carbocycles. The van der Waals surface area contributed by atoms with Gasteiger partial charge in [0.15, 0.2) is 0 Å². The minimum atomic E-state index is -0.687. The van der Waals surface area contributed by atoms with Crippen LogP contribution in [0.4, 0.5) is 0 Å². The molecular formula is C25H26N2O2. The number of methoxy groups -OCH3 is 1. The fourth-order valence-corrected chi connectivity index (χ4v) is 4.46. The van der Waals surface area contributed by atoms with E-state index >= 15 is 0 Å². The molecule has 1 aromatic heterocycles. The minimum absolute atomic E-state index is 0.00189. The molecule has 0 fully saturated rings. The van der Waals surface area contributed by atoms with Gasteiger partial charge in [0.25, 0.3) is 0 Å². The quantitative estimate of drug-likeness (QED) is 0.694. The molecule has 1 atom stereocenters. The number of ether oxygens (including phenoxy) is 1. The number of fused-ring (bicyclic) bond motifs is 3. The van der Waals surface area contributed by atoms with E-state index in [0.29, 0.717) is 6.42 Å². The van der Waals surface area contributed by atoms with Gasteiger partial charge in [-0.05, 0) is 67.3 Å². The van der Waals surface area contributed by atoms with Gasteiger partial charge in [0.05, 0.1) is 30.7 Å². The number of rotatable bonds is 5. The molecule has 1 aliphatic rings. The number of nitriles is 1. The van der Waals surface area contributed by atoms with Crippen LogP contribution in [0.25, 0.3) is 10.9 Å². The average molecular weight is 386 g/mol. The fraction of sp³-hybridized carbons (Fsp3) is 0.360. The number of pyridine rings is 1. The Labute approximate surface area is 171 Å². The predicted molar refractivity (Wildman–Crippen MR) is 114 cm³/mol. The van der Waals surface area contributed by atoms with Crippen LogP contribution in [0.1, 0.15) is 47.6 Å². The zero-order valence-electron chi connectivity index (χ0n) is 17.0. The number of nitrogens with zero attached hydrogens (tertiary/aromatic N) is 2. The molecule has 0 bridgehead atoms. The molecule has 1 heterocycles. The maximum absolute atomic E-state index is 10.0. The molecule has 4 heteroatoms. The molecule has 4 nitrogen and oxygen atoms in total. The summed E-state index contributed by atoms with van der Waals surface area (Å²) in [6.45, 7) is 1.97. The summed E-state index contributed by atoms with van der Waals surface area (Å²) in [5, 5.41) is 20.6. The van der Waals surface area contributed by atoms with Gasteiger partial charge < -0.3 is 9.84 Å². The number of hydrogen-bond donors (Lipinski definition) is 1. The van der Waals surface area contributed by atoms with Gasteiger partial charge in [-0.2, -0.15) is 5.26 Å². The van der Waals surface area contributed by atoms with Gasteiger partial charge in [0.2, 0.25) is 5.88 Å². The lowest BCUT2D eigenvalue weighted by Crippen LogP contribution is -2.23. The molecule has 0 saturated heterocycles. The topological polar surface area (TPSA) is 66.1 Å². The van der Waals surface area contributed by atoms with Crippen molar-refractivity contribution in [1.82, 2.24) is 4.98 Å². The van der Waals surface area contributed by atoms with Crippen LogP contribution in [0.2, 0.25) is 0 Å². The van der Waals surface area contributed by atoms with Crippen LogP contribution >= 0.6 is 0 Å². The van der Waals surface area contributed by atoms with Crippen molar-refractivity contribution in [2.24, 2.45) is 0 Å². The first kappa shape index (κ1) is 19.4. The van der Waals surface area contributed by atoms with Gasteiger partial charge in [0.1, 0.15) is 0 Å². The first-order valence-corrected chi connectivity index (χ1v) is 10.2. The van der Waals surface area contributed by atoms with Crippen LogP contribution in [-0.2, 0) is 31.3 Å². The van der Waals surface area contributed by atoms with E-state index in [1.165, 1.54) is 29.4 Å². The van der Waals surface area contributed by atoms with E-state index < -0.39 is 5.41 Å². The SMILES string of the molecule is COc1nc2cc(C(C)(C#N)Cc3cccc(CO)c3)ccc2c2c1CCCC2. The highest BCUT2D eigenvalue weighted by molar-refractivity contribution is 5.85. The van der Waals surface area contributed by atoms with Crippen LogP contribution in [0.15, 0.2) is 42.5 Å². The van der Waals surface area contributed by atoms with E-state index in [9.17, 15) is 10.4 Å². The molecule has 0 saturated carbocycles. The molecule has 1 unspecified atom stereocenters. The third-order valence-electron chi connectivity index (χ3n) is 6.08. The Morgan fingerprint density at radius 3 is 2.59 bits per heavy atom. The number of hydrogen-bond acceptors (Lipinski definition) is 4. The first-order valence-electron chi connectivity index (χ1n) is 10.2. The fourth-order valence-electron chi connectivity index (χ4n) is 4.46. The number of benzene rings is 2. The average Bonchev–Trinajstić information content (AvgIpc) is 2.78. The van der Waals surface area contributed by atoms with E-state index in [1.807, 2.05) is 37.3 Å². The molecule has 29 heavy (non-hydrogen) atoms. The molecule has 0 radical (unpaired) electrons. The maximum Gasteiger partial charge on any atom is 0.217 e. The lowest BCUT2D eigenvalue weighted by Gasteiger charge is -2.24. The van der Waals surface area contributed by atoms with Crippen LogP contribution in [0.5, 0.6) is 5.88 Å². The molecule has 0 amide bonds. The summed E-state index contributed by atoms with van der Waals surface area (Å²) in [5.41, 5.74) is 5.64.